The van der Waals surface area contributed by atoms with E-state index in [1.54, 1.807) is 18.3 Å². The second-order valence-electron chi connectivity index (χ2n) is 5.18. The monoisotopic (exact) mass is 356 g/mol. The Kier molecular flexibility index (Phi) is 4.88. The summed E-state index contributed by atoms with van der Waals surface area (Å²) in [5, 5.41) is 17.3. The maximum atomic E-state index is 14.1. The topological polar surface area (TPSA) is 99.3 Å². The van der Waals surface area contributed by atoms with Crippen LogP contribution < -0.4 is 10.1 Å². The molecule has 0 atom stereocenters. The summed E-state index contributed by atoms with van der Waals surface area (Å²) in [5.74, 6) is -1.16. The van der Waals surface area contributed by atoms with Crippen LogP contribution in [0.4, 0.5) is 15.8 Å². The van der Waals surface area contributed by atoms with E-state index in [9.17, 15) is 19.3 Å². The predicted molar refractivity (Wildman–Crippen MR) is 90.7 cm³/mol. The molecule has 0 radical (unpaired) electrons. The molecule has 3 aromatic rings. The molecule has 8 nitrogen and oxygen atoms in total. The molecule has 0 unspecified atom stereocenters. The Bertz CT molecular complexity index is 944. The van der Waals surface area contributed by atoms with Gasteiger partial charge in [0.05, 0.1) is 4.92 Å². The van der Waals surface area contributed by atoms with Gasteiger partial charge in [-0.1, -0.05) is 12.1 Å². The van der Waals surface area contributed by atoms with Gasteiger partial charge in [0.25, 0.3) is 5.91 Å². The molecular weight excluding hydrogens is 343 g/mol. The third-order valence-electron chi connectivity index (χ3n) is 3.40. The van der Waals surface area contributed by atoms with E-state index in [4.69, 9.17) is 4.74 Å². The van der Waals surface area contributed by atoms with Crippen molar-refractivity contribution in [3.8, 4) is 11.4 Å². The lowest BCUT2D eigenvalue weighted by Gasteiger charge is -2.09. The molecule has 0 aliphatic carbocycles. The molecule has 0 saturated carbocycles. The van der Waals surface area contributed by atoms with Gasteiger partial charge in [0.15, 0.2) is 18.2 Å². The molecule has 0 fully saturated rings. The van der Waals surface area contributed by atoms with Crippen LogP contribution in [0.3, 0.4) is 0 Å². The van der Waals surface area contributed by atoms with Crippen molar-refractivity contribution in [3.05, 3.63) is 76.9 Å². The number of benzene rings is 2. The highest BCUT2D eigenvalue weighted by Gasteiger charge is 2.15. The van der Waals surface area contributed by atoms with Crippen molar-refractivity contribution in [2.75, 3.05) is 11.9 Å². The van der Waals surface area contributed by atoms with Gasteiger partial charge in [0, 0.05) is 24.1 Å². The number of rotatable bonds is 6. The predicted octanol–water partition coefficient (Wildman–Crippen LogP) is 2.94. The van der Waals surface area contributed by atoms with Gasteiger partial charge >= 0.3 is 5.69 Å². The molecule has 1 N–H and O–H groups in total. The van der Waals surface area contributed by atoms with Crippen molar-refractivity contribution in [1.82, 2.24) is 9.78 Å². The molecule has 9 heteroatoms. The zero-order chi connectivity index (χ0) is 18.5. The molecule has 2 aromatic carbocycles. The summed E-state index contributed by atoms with van der Waals surface area (Å²) < 4.78 is 20.7. The summed E-state index contributed by atoms with van der Waals surface area (Å²) in [6, 6.07) is 11.5. The maximum Gasteiger partial charge on any atom is 0.310 e. The molecule has 26 heavy (non-hydrogen) atoms. The van der Waals surface area contributed by atoms with E-state index in [-0.39, 0.29) is 22.8 Å². The molecule has 1 heterocycles. The Labute approximate surface area is 147 Å². The normalized spacial score (nSPS) is 10.3. The van der Waals surface area contributed by atoms with Gasteiger partial charge in [-0.05, 0) is 30.3 Å². The zero-order valence-electron chi connectivity index (χ0n) is 13.3. The van der Waals surface area contributed by atoms with Gasteiger partial charge in [-0.15, -0.1) is 0 Å². The fourth-order valence-electron chi connectivity index (χ4n) is 2.25. The third-order valence-corrected chi connectivity index (χ3v) is 3.40. The summed E-state index contributed by atoms with van der Waals surface area (Å²) in [6.45, 7) is -0.451. The van der Waals surface area contributed by atoms with Crippen molar-refractivity contribution in [2.24, 2.45) is 0 Å². The first kappa shape index (κ1) is 17.1. The van der Waals surface area contributed by atoms with E-state index in [2.05, 4.69) is 10.4 Å². The average molecular weight is 356 g/mol. The van der Waals surface area contributed by atoms with Crippen LogP contribution in [0.1, 0.15) is 0 Å². The zero-order valence-corrected chi connectivity index (χ0v) is 13.3. The third kappa shape index (κ3) is 3.83. The van der Waals surface area contributed by atoms with Crippen LogP contribution in [0.2, 0.25) is 0 Å². The molecule has 0 aliphatic heterocycles. The summed E-state index contributed by atoms with van der Waals surface area (Å²) in [4.78, 5) is 22.2. The number of aromatic nitrogens is 2. The molecule has 0 spiro atoms. The van der Waals surface area contributed by atoms with Gasteiger partial charge in [0.2, 0.25) is 0 Å². The number of nitrogens with zero attached hydrogens (tertiary/aromatic N) is 3. The SMILES string of the molecule is O=C(COc1ccccc1[N+](=O)[O-])Nc1ccc(-n2cccn2)c(F)c1. The Morgan fingerprint density at radius 1 is 1.27 bits per heavy atom. The standard InChI is InChI=1S/C17H13FN4O4/c18-13-10-12(6-7-14(13)21-9-3-8-19-21)20-17(23)11-26-16-5-2-1-4-15(16)22(24)25/h1-10H,11H2,(H,20,23). The molecule has 132 valence electrons. The summed E-state index contributed by atoms with van der Waals surface area (Å²) >= 11 is 0. The van der Waals surface area contributed by atoms with Crippen LogP contribution >= 0.6 is 0 Å². The number of halogens is 1. The first-order chi connectivity index (χ1) is 12.5. The summed E-state index contributed by atoms with van der Waals surface area (Å²) in [6.07, 6.45) is 3.12. The molecular formula is C17H13FN4O4. The number of ether oxygens (including phenoxy) is 1. The van der Waals surface area contributed by atoms with Crippen LogP contribution in [0.5, 0.6) is 5.75 Å². The highest BCUT2D eigenvalue weighted by molar-refractivity contribution is 5.92. The van der Waals surface area contributed by atoms with Gasteiger partial charge in [-0.2, -0.15) is 5.10 Å². The minimum Gasteiger partial charge on any atom is -0.477 e. The van der Waals surface area contributed by atoms with E-state index in [0.717, 1.165) is 6.07 Å². The van der Waals surface area contributed by atoms with Crippen LogP contribution in [-0.2, 0) is 4.79 Å². The van der Waals surface area contributed by atoms with E-state index in [1.807, 2.05) is 0 Å². The van der Waals surface area contributed by atoms with Crippen molar-refractivity contribution >= 4 is 17.3 Å². The Hall–Kier alpha value is -3.75. The van der Waals surface area contributed by atoms with E-state index in [1.165, 1.54) is 41.2 Å². The second-order valence-corrected chi connectivity index (χ2v) is 5.18. The average Bonchev–Trinajstić information content (AvgIpc) is 3.14. The molecule has 1 aromatic heterocycles. The minimum atomic E-state index is -0.601. The largest absolute Gasteiger partial charge is 0.477 e. The fraction of sp³-hybridized carbons (Fsp3) is 0.0588. The van der Waals surface area contributed by atoms with E-state index in [0.29, 0.717) is 0 Å². The number of amides is 1. The quantitative estimate of drug-likeness (QED) is 0.541. The first-order valence-corrected chi connectivity index (χ1v) is 7.50. The van der Waals surface area contributed by atoms with Gasteiger partial charge in [-0.25, -0.2) is 9.07 Å². The fourth-order valence-corrected chi connectivity index (χ4v) is 2.25. The van der Waals surface area contributed by atoms with Gasteiger partial charge < -0.3 is 10.1 Å². The minimum absolute atomic E-state index is 0.0205. The van der Waals surface area contributed by atoms with Crippen molar-refractivity contribution in [3.63, 3.8) is 0 Å². The Morgan fingerprint density at radius 2 is 2.08 bits per heavy atom. The number of nitrogens with one attached hydrogen (secondary N) is 1. The van der Waals surface area contributed by atoms with E-state index >= 15 is 0 Å². The smallest absolute Gasteiger partial charge is 0.310 e. The van der Waals surface area contributed by atoms with Gasteiger partial charge in [-0.3, -0.25) is 14.9 Å². The Morgan fingerprint density at radius 3 is 2.77 bits per heavy atom. The Balaban J connectivity index is 1.64. The van der Waals surface area contributed by atoms with Crippen LogP contribution in [0.25, 0.3) is 5.69 Å². The van der Waals surface area contributed by atoms with Crippen LogP contribution in [0.15, 0.2) is 60.9 Å². The van der Waals surface area contributed by atoms with E-state index < -0.39 is 23.3 Å². The van der Waals surface area contributed by atoms with Crippen LogP contribution in [-0.4, -0.2) is 27.2 Å². The first-order valence-electron chi connectivity index (χ1n) is 7.50. The number of carbonyl (C=O) groups excluding carboxylic acids is 1. The van der Waals surface area contributed by atoms with Crippen molar-refractivity contribution in [2.45, 2.75) is 0 Å². The lowest BCUT2D eigenvalue weighted by Crippen LogP contribution is -2.20. The molecule has 0 bridgehead atoms. The lowest BCUT2D eigenvalue weighted by molar-refractivity contribution is -0.385. The lowest BCUT2D eigenvalue weighted by atomic mass is 10.2. The number of hydrogen-bond donors (Lipinski definition) is 1. The number of nitro benzene ring substituents is 1. The highest BCUT2D eigenvalue weighted by Crippen LogP contribution is 2.25. The van der Waals surface area contributed by atoms with Crippen LogP contribution in [0, 0.1) is 15.9 Å². The molecule has 0 saturated heterocycles. The second kappa shape index (κ2) is 7.43. The van der Waals surface area contributed by atoms with Crippen molar-refractivity contribution < 1.29 is 18.8 Å². The number of nitro groups is 1. The highest BCUT2D eigenvalue weighted by atomic mass is 19.1. The number of para-hydroxylation sites is 2. The van der Waals surface area contributed by atoms with Crippen molar-refractivity contribution in [1.29, 1.82) is 0 Å². The number of anilines is 1. The summed E-state index contributed by atoms with van der Waals surface area (Å²) in [5.41, 5.74) is 0.230. The van der Waals surface area contributed by atoms with Gasteiger partial charge in [0.1, 0.15) is 5.69 Å². The molecule has 0 aliphatic rings. The summed E-state index contributed by atoms with van der Waals surface area (Å²) in [7, 11) is 0. The molecule has 1 amide bonds. The number of hydrogen-bond acceptors (Lipinski definition) is 5. The molecule has 3 rings (SSSR count). The maximum absolute atomic E-state index is 14.1. The number of carbonyl (C=O) groups is 1.